The summed E-state index contributed by atoms with van der Waals surface area (Å²) in [7, 11) is 0. The van der Waals surface area contributed by atoms with E-state index in [1.165, 1.54) is 38.5 Å². The first-order valence-corrected chi connectivity index (χ1v) is 5.49. The third-order valence-electron chi connectivity index (χ3n) is 2.10. The largest absolute Gasteiger partial charge is 0.472 e. The third-order valence-corrected chi connectivity index (χ3v) is 2.10. The molecule has 0 unspecified atom stereocenters. The Morgan fingerprint density at radius 3 is 2.21 bits per heavy atom. The minimum absolute atomic E-state index is 0.722. The van der Waals surface area contributed by atoms with Crippen molar-refractivity contribution in [3.63, 3.8) is 0 Å². The second-order valence-corrected chi connectivity index (χ2v) is 3.48. The lowest BCUT2D eigenvalue weighted by Crippen LogP contribution is -1.86. The van der Waals surface area contributed by atoms with Crippen molar-refractivity contribution in [3.8, 4) is 11.8 Å². The van der Waals surface area contributed by atoms with Crippen LogP contribution in [0.15, 0.2) is 0 Å². The van der Waals surface area contributed by atoms with Crippen molar-refractivity contribution in [2.45, 2.75) is 58.3 Å². The molecule has 0 aromatic rings. The maximum absolute atomic E-state index is 10.0. The quantitative estimate of drug-likeness (QED) is 0.501. The number of carbonyl (C=O) groups is 1. The zero-order chi connectivity index (χ0) is 10.6. The van der Waals surface area contributed by atoms with Crippen LogP contribution >= 0.6 is 0 Å². The van der Waals surface area contributed by atoms with Crippen molar-refractivity contribution in [1.82, 2.24) is 0 Å². The second-order valence-electron chi connectivity index (χ2n) is 3.48. The molecule has 80 valence electrons. The molecule has 2 heteroatoms. The van der Waals surface area contributed by atoms with E-state index in [2.05, 4.69) is 18.8 Å². The number of aliphatic carboxylic acids is 1. The van der Waals surface area contributed by atoms with Crippen molar-refractivity contribution in [3.05, 3.63) is 0 Å². The van der Waals surface area contributed by atoms with Gasteiger partial charge < -0.3 is 5.11 Å². The fourth-order valence-electron chi connectivity index (χ4n) is 1.31. The number of rotatable bonds is 7. The van der Waals surface area contributed by atoms with E-state index < -0.39 is 5.97 Å². The standard InChI is InChI=1S/C12H20O2/c1-2-3-4-5-6-7-8-9-10-11-12(13)14/h2-9H2,1H3,(H,13,14). The predicted molar refractivity (Wildman–Crippen MR) is 58.0 cm³/mol. The van der Waals surface area contributed by atoms with Crippen molar-refractivity contribution in [2.24, 2.45) is 0 Å². The van der Waals surface area contributed by atoms with Crippen LogP contribution in [-0.4, -0.2) is 11.1 Å². The molecule has 0 spiro atoms. The Hall–Kier alpha value is -0.970. The monoisotopic (exact) mass is 196 g/mol. The highest BCUT2D eigenvalue weighted by molar-refractivity contribution is 5.86. The highest BCUT2D eigenvalue weighted by atomic mass is 16.4. The van der Waals surface area contributed by atoms with Crippen LogP contribution in [0.4, 0.5) is 0 Å². The van der Waals surface area contributed by atoms with Gasteiger partial charge in [0.05, 0.1) is 0 Å². The predicted octanol–water partition coefficient (Wildman–Crippen LogP) is 3.22. The Morgan fingerprint density at radius 2 is 1.64 bits per heavy atom. The van der Waals surface area contributed by atoms with Gasteiger partial charge in [-0.1, -0.05) is 51.4 Å². The summed E-state index contributed by atoms with van der Waals surface area (Å²) in [5.41, 5.74) is 0. The Morgan fingerprint density at radius 1 is 1.07 bits per heavy atom. The van der Waals surface area contributed by atoms with Gasteiger partial charge >= 0.3 is 5.97 Å². The van der Waals surface area contributed by atoms with Crippen molar-refractivity contribution in [1.29, 1.82) is 0 Å². The van der Waals surface area contributed by atoms with Crippen LogP contribution in [0.3, 0.4) is 0 Å². The highest BCUT2D eigenvalue weighted by Gasteiger charge is 1.89. The van der Waals surface area contributed by atoms with E-state index in [9.17, 15) is 4.79 Å². The van der Waals surface area contributed by atoms with Gasteiger partial charge in [0.15, 0.2) is 0 Å². The third kappa shape index (κ3) is 11.0. The Labute approximate surface area is 86.7 Å². The van der Waals surface area contributed by atoms with Crippen LogP contribution < -0.4 is 0 Å². The summed E-state index contributed by atoms with van der Waals surface area (Å²) in [5.74, 6) is 3.74. The molecule has 0 rings (SSSR count). The van der Waals surface area contributed by atoms with Gasteiger partial charge in [0, 0.05) is 12.3 Å². The van der Waals surface area contributed by atoms with E-state index in [1.807, 2.05) is 0 Å². The summed E-state index contributed by atoms with van der Waals surface area (Å²) >= 11 is 0. The molecule has 0 amide bonds. The highest BCUT2D eigenvalue weighted by Crippen LogP contribution is 2.07. The summed E-state index contributed by atoms with van der Waals surface area (Å²) in [6.07, 6.45) is 9.44. The lowest BCUT2D eigenvalue weighted by Gasteiger charge is -1.97. The van der Waals surface area contributed by atoms with Crippen LogP contribution in [0, 0.1) is 11.8 Å². The molecule has 0 aliphatic heterocycles. The van der Waals surface area contributed by atoms with E-state index in [1.54, 1.807) is 0 Å². The van der Waals surface area contributed by atoms with E-state index in [4.69, 9.17) is 5.11 Å². The first-order chi connectivity index (χ1) is 6.77. The van der Waals surface area contributed by atoms with Gasteiger partial charge in [-0.25, -0.2) is 4.79 Å². The molecular formula is C12H20O2. The zero-order valence-electron chi connectivity index (χ0n) is 9.01. The maximum Gasteiger partial charge on any atom is 0.381 e. The average Bonchev–Trinajstić information content (AvgIpc) is 2.15. The summed E-state index contributed by atoms with van der Waals surface area (Å²) in [5, 5.41) is 8.24. The number of carboxylic acids is 1. The van der Waals surface area contributed by atoms with Gasteiger partial charge in [-0.15, -0.1) is 0 Å². The molecule has 0 atom stereocenters. The average molecular weight is 196 g/mol. The normalized spacial score (nSPS) is 9.21. The van der Waals surface area contributed by atoms with Gasteiger partial charge in [-0.2, -0.15) is 0 Å². The van der Waals surface area contributed by atoms with Crippen LogP contribution in [0.2, 0.25) is 0 Å². The molecule has 0 saturated carbocycles. The lowest BCUT2D eigenvalue weighted by atomic mass is 10.1. The number of hydrogen-bond donors (Lipinski definition) is 1. The smallest absolute Gasteiger partial charge is 0.381 e. The molecule has 0 bridgehead atoms. The minimum Gasteiger partial charge on any atom is -0.472 e. The SMILES string of the molecule is CCCCCCCCCC#CC(=O)O. The van der Waals surface area contributed by atoms with Gasteiger partial charge in [-0.3, -0.25) is 0 Å². The second kappa shape index (κ2) is 10.1. The summed E-state index contributed by atoms with van der Waals surface area (Å²) in [6, 6.07) is 0. The van der Waals surface area contributed by atoms with Gasteiger partial charge in [0.1, 0.15) is 0 Å². The molecule has 0 aromatic carbocycles. The van der Waals surface area contributed by atoms with Crippen molar-refractivity contribution >= 4 is 5.97 Å². The molecule has 0 heterocycles. The molecule has 0 aliphatic carbocycles. The van der Waals surface area contributed by atoms with Crippen LogP contribution in [-0.2, 0) is 4.79 Å². The molecule has 0 saturated heterocycles. The van der Waals surface area contributed by atoms with Crippen LogP contribution in [0.5, 0.6) is 0 Å². The lowest BCUT2D eigenvalue weighted by molar-refractivity contribution is -0.130. The maximum atomic E-state index is 10.0. The molecule has 1 N–H and O–H groups in total. The minimum atomic E-state index is -1.02. The molecule has 0 aromatic heterocycles. The van der Waals surface area contributed by atoms with Crippen molar-refractivity contribution < 1.29 is 9.90 Å². The molecule has 0 radical (unpaired) electrons. The molecule has 0 aliphatic rings. The van der Waals surface area contributed by atoms with E-state index >= 15 is 0 Å². The molecular weight excluding hydrogens is 176 g/mol. The van der Waals surface area contributed by atoms with Gasteiger partial charge in [0.2, 0.25) is 0 Å². The Kier molecular flexibility index (Phi) is 9.41. The fourth-order valence-corrected chi connectivity index (χ4v) is 1.31. The summed E-state index contributed by atoms with van der Waals surface area (Å²) < 4.78 is 0. The molecule has 14 heavy (non-hydrogen) atoms. The zero-order valence-corrected chi connectivity index (χ0v) is 9.01. The van der Waals surface area contributed by atoms with E-state index in [0.717, 1.165) is 12.8 Å². The Bertz CT molecular complexity index is 198. The number of unbranched alkanes of at least 4 members (excludes halogenated alkanes) is 7. The first kappa shape index (κ1) is 13.0. The van der Waals surface area contributed by atoms with Gasteiger partial charge in [-0.05, 0) is 6.42 Å². The number of carboxylic acid groups (broad SMARTS) is 1. The molecule has 2 nitrogen and oxygen atoms in total. The van der Waals surface area contributed by atoms with E-state index in [0.29, 0.717) is 0 Å². The Balaban J connectivity index is 3.07. The van der Waals surface area contributed by atoms with Crippen LogP contribution in [0.25, 0.3) is 0 Å². The number of hydrogen-bond acceptors (Lipinski definition) is 1. The van der Waals surface area contributed by atoms with Gasteiger partial charge in [0.25, 0.3) is 0 Å². The fraction of sp³-hybridized carbons (Fsp3) is 0.750. The van der Waals surface area contributed by atoms with Crippen LogP contribution in [0.1, 0.15) is 58.3 Å². The van der Waals surface area contributed by atoms with E-state index in [-0.39, 0.29) is 0 Å². The summed E-state index contributed by atoms with van der Waals surface area (Å²) in [6.45, 7) is 2.21. The summed E-state index contributed by atoms with van der Waals surface area (Å²) in [4.78, 5) is 10.0. The first-order valence-electron chi connectivity index (χ1n) is 5.49. The van der Waals surface area contributed by atoms with Crippen molar-refractivity contribution in [2.75, 3.05) is 0 Å². The topological polar surface area (TPSA) is 37.3 Å². The molecule has 0 fully saturated rings.